The Labute approximate surface area is 168 Å². The van der Waals surface area contributed by atoms with Crippen molar-refractivity contribution in [2.75, 3.05) is 20.2 Å². The smallest absolute Gasteiger partial charge is 0.273 e. The number of nitrogens with one attached hydrogen (secondary N) is 2. The summed E-state index contributed by atoms with van der Waals surface area (Å²) in [4.78, 5) is 15.0. The number of aromatic nitrogens is 2. The summed E-state index contributed by atoms with van der Waals surface area (Å²) in [6.45, 7) is 6.89. The van der Waals surface area contributed by atoms with Gasteiger partial charge in [0.15, 0.2) is 5.69 Å². The number of nitrogens with zero attached hydrogens (tertiary/aromatic N) is 2. The third-order valence-corrected chi connectivity index (χ3v) is 5.84. The Balaban J connectivity index is 1.53. The largest absolute Gasteiger partial charge is 0.496 e. The molecular weight excluding hydrogens is 408 g/mol. The van der Waals surface area contributed by atoms with E-state index in [4.69, 9.17) is 4.74 Å². The zero-order valence-electron chi connectivity index (χ0n) is 16.1. The zero-order valence-corrected chi connectivity index (χ0v) is 17.7. The number of carbonyl (C=O) groups is 1. The van der Waals surface area contributed by atoms with Crippen molar-refractivity contribution in [1.29, 1.82) is 0 Å². The number of aromatic amines is 1. The fourth-order valence-corrected chi connectivity index (χ4v) is 4.25. The summed E-state index contributed by atoms with van der Waals surface area (Å²) in [5, 5.41) is 10.3. The van der Waals surface area contributed by atoms with E-state index in [1.54, 1.807) is 7.11 Å². The molecule has 0 atom stereocenters. The highest BCUT2D eigenvalue weighted by Crippen LogP contribution is 2.26. The number of carbonyl (C=O) groups excluding carboxylic acids is 1. The molecule has 1 aromatic carbocycles. The number of piperidine rings is 1. The lowest BCUT2D eigenvalue weighted by Crippen LogP contribution is -2.44. The van der Waals surface area contributed by atoms with Crippen molar-refractivity contribution in [3.8, 4) is 5.75 Å². The Hall–Kier alpha value is -1.86. The number of hydrogen-bond donors (Lipinski definition) is 2. The fourth-order valence-electron chi connectivity index (χ4n) is 3.44. The van der Waals surface area contributed by atoms with Gasteiger partial charge in [-0.2, -0.15) is 5.10 Å². The fraction of sp³-hybridized carbons (Fsp3) is 0.500. The Morgan fingerprint density at radius 1 is 1.37 bits per heavy atom. The molecule has 0 aliphatic carbocycles. The average molecular weight is 435 g/mol. The molecule has 1 aliphatic heterocycles. The van der Waals surface area contributed by atoms with E-state index >= 15 is 0 Å². The van der Waals surface area contributed by atoms with Crippen LogP contribution in [-0.2, 0) is 6.54 Å². The van der Waals surface area contributed by atoms with Gasteiger partial charge in [0.1, 0.15) is 5.75 Å². The minimum absolute atomic E-state index is 0.117. The third kappa shape index (κ3) is 4.71. The number of methoxy groups -OCH3 is 1. The summed E-state index contributed by atoms with van der Waals surface area (Å²) >= 11 is 3.50. The molecule has 1 amide bonds. The van der Waals surface area contributed by atoms with E-state index in [1.165, 1.54) is 5.56 Å². The summed E-state index contributed by atoms with van der Waals surface area (Å²) in [7, 11) is 1.71. The lowest BCUT2D eigenvalue weighted by Gasteiger charge is -2.32. The van der Waals surface area contributed by atoms with Crippen molar-refractivity contribution < 1.29 is 9.53 Å². The molecule has 1 fully saturated rings. The maximum absolute atomic E-state index is 12.6. The second kappa shape index (κ2) is 8.89. The van der Waals surface area contributed by atoms with Crippen LogP contribution >= 0.6 is 15.9 Å². The first kappa shape index (κ1) is 19.9. The normalized spacial score (nSPS) is 15.9. The molecule has 0 saturated carbocycles. The maximum atomic E-state index is 12.6. The molecule has 0 radical (unpaired) electrons. The van der Waals surface area contributed by atoms with Crippen molar-refractivity contribution in [3.05, 3.63) is 45.7 Å². The summed E-state index contributed by atoms with van der Waals surface area (Å²) in [6.07, 6.45) is 1.86. The van der Waals surface area contributed by atoms with E-state index in [2.05, 4.69) is 56.3 Å². The van der Waals surface area contributed by atoms with Crippen molar-refractivity contribution in [3.63, 3.8) is 0 Å². The van der Waals surface area contributed by atoms with Gasteiger partial charge in [0.25, 0.3) is 5.91 Å². The Morgan fingerprint density at radius 3 is 2.70 bits per heavy atom. The lowest BCUT2D eigenvalue weighted by molar-refractivity contribution is 0.0903. The second-order valence-electron chi connectivity index (χ2n) is 7.29. The van der Waals surface area contributed by atoms with Gasteiger partial charge >= 0.3 is 0 Å². The van der Waals surface area contributed by atoms with Crippen LogP contribution in [0.2, 0.25) is 0 Å². The average Bonchev–Trinajstić information content (AvgIpc) is 3.05. The van der Waals surface area contributed by atoms with Gasteiger partial charge in [0.05, 0.1) is 17.3 Å². The number of ether oxygens (including phenoxy) is 1. The van der Waals surface area contributed by atoms with Crippen LogP contribution in [0.1, 0.15) is 54.4 Å². The van der Waals surface area contributed by atoms with Gasteiger partial charge in [0, 0.05) is 31.2 Å². The first-order chi connectivity index (χ1) is 13.0. The number of halogens is 1. The molecule has 2 N–H and O–H groups in total. The van der Waals surface area contributed by atoms with Crippen LogP contribution in [0.5, 0.6) is 5.75 Å². The molecule has 2 aromatic rings. The van der Waals surface area contributed by atoms with Gasteiger partial charge in [-0.05, 0) is 40.8 Å². The van der Waals surface area contributed by atoms with Crippen LogP contribution in [0, 0.1) is 0 Å². The van der Waals surface area contributed by atoms with E-state index < -0.39 is 0 Å². The minimum atomic E-state index is -0.117. The van der Waals surface area contributed by atoms with Crippen molar-refractivity contribution in [2.45, 2.75) is 45.2 Å². The quantitative estimate of drug-likeness (QED) is 0.726. The number of benzene rings is 1. The molecule has 3 rings (SSSR count). The van der Waals surface area contributed by atoms with Gasteiger partial charge in [-0.3, -0.25) is 14.8 Å². The molecule has 6 nitrogen and oxygen atoms in total. The van der Waals surface area contributed by atoms with E-state index in [9.17, 15) is 4.79 Å². The van der Waals surface area contributed by atoms with E-state index in [0.29, 0.717) is 5.69 Å². The second-order valence-corrected chi connectivity index (χ2v) is 8.08. The zero-order chi connectivity index (χ0) is 19.4. The molecule has 0 bridgehead atoms. The molecule has 27 heavy (non-hydrogen) atoms. The van der Waals surface area contributed by atoms with Crippen molar-refractivity contribution >= 4 is 21.8 Å². The summed E-state index contributed by atoms with van der Waals surface area (Å²) in [5.41, 5.74) is 2.59. The predicted molar refractivity (Wildman–Crippen MR) is 109 cm³/mol. The summed E-state index contributed by atoms with van der Waals surface area (Å²) < 4.78 is 6.21. The SMILES string of the molecule is COc1ccccc1CN1CCC(NC(=O)c2n[nH]c(C(C)C)c2Br)CC1. The van der Waals surface area contributed by atoms with E-state index in [1.807, 2.05) is 18.2 Å². The first-order valence-corrected chi connectivity index (χ1v) is 10.2. The van der Waals surface area contributed by atoms with Crippen LogP contribution in [0.15, 0.2) is 28.7 Å². The highest BCUT2D eigenvalue weighted by Gasteiger charge is 2.25. The Bertz CT molecular complexity index is 782. The molecule has 7 heteroatoms. The Morgan fingerprint density at radius 2 is 2.07 bits per heavy atom. The highest BCUT2D eigenvalue weighted by atomic mass is 79.9. The highest BCUT2D eigenvalue weighted by molar-refractivity contribution is 9.10. The molecule has 1 aliphatic rings. The van der Waals surface area contributed by atoms with Crippen LogP contribution in [0.3, 0.4) is 0 Å². The lowest BCUT2D eigenvalue weighted by atomic mass is 10.0. The van der Waals surface area contributed by atoms with Crippen LogP contribution < -0.4 is 10.1 Å². The minimum Gasteiger partial charge on any atom is -0.496 e. The van der Waals surface area contributed by atoms with Crippen LogP contribution in [0.25, 0.3) is 0 Å². The number of hydrogen-bond acceptors (Lipinski definition) is 4. The molecule has 2 heterocycles. The summed E-state index contributed by atoms with van der Waals surface area (Å²) in [6, 6.07) is 8.31. The number of rotatable bonds is 6. The molecule has 0 unspecified atom stereocenters. The first-order valence-electron chi connectivity index (χ1n) is 9.38. The third-order valence-electron chi connectivity index (χ3n) is 5.03. The van der Waals surface area contributed by atoms with Gasteiger partial charge in [-0.1, -0.05) is 32.0 Å². The van der Waals surface area contributed by atoms with Crippen molar-refractivity contribution in [2.24, 2.45) is 0 Å². The standard InChI is InChI=1S/C20H27BrN4O2/c1-13(2)18-17(21)19(24-23-18)20(26)22-15-8-10-25(11-9-15)12-14-6-4-5-7-16(14)27-3/h4-7,13,15H,8-12H2,1-3H3,(H,22,26)(H,23,24). The maximum Gasteiger partial charge on any atom is 0.273 e. The number of H-pyrrole nitrogens is 1. The molecule has 1 aromatic heterocycles. The van der Waals surface area contributed by atoms with E-state index in [0.717, 1.165) is 48.4 Å². The predicted octanol–water partition coefficient (Wildman–Crippen LogP) is 3.70. The van der Waals surface area contributed by atoms with Crippen LogP contribution in [0.4, 0.5) is 0 Å². The molecular formula is C20H27BrN4O2. The van der Waals surface area contributed by atoms with Gasteiger partial charge in [0.2, 0.25) is 0 Å². The Kier molecular flexibility index (Phi) is 6.55. The number of likely N-dealkylation sites (tertiary alicyclic amines) is 1. The molecule has 1 saturated heterocycles. The van der Waals surface area contributed by atoms with Gasteiger partial charge < -0.3 is 10.1 Å². The number of para-hydroxylation sites is 1. The molecule has 0 spiro atoms. The topological polar surface area (TPSA) is 70.2 Å². The van der Waals surface area contributed by atoms with E-state index in [-0.39, 0.29) is 17.9 Å². The summed E-state index contributed by atoms with van der Waals surface area (Å²) in [5.74, 6) is 1.09. The van der Waals surface area contributed by atoms with Crippen LogP contribution in [-0.4, -0.2) is 47.2 Å². The monoisotopic (exact) mass is 434 g/mol. The van der Waals surface area contributed by atoms with Gasteiger partial charge in [-0.15, -0.1) is 0 Å². The van der Waals surface area contributed by atoms with Crippen molar-refractivity contribution in [1.82, 2.24) is 20.4 Å². The number of amides is 1. The molecule has 146 valence electrons. The van der Waals surface area contributed by atoms with Gasteiger partial charge in [-0.25, -0.2) is 0 Å².